The normalized spacial score (nSPS) is 14.2. The van der Waals surface area contributed by atoms with Gasteiger partial charge in [-0.15, -0.1) is 0 Å². The second-order valence-electron chi connectivity index (χ2n) is 14.6. The molecule has 6 unspecified atom stereocenters. The summed E-state index contributed by atoms with van der Waals surface area (Å²) in [6, 6.07) is 14.4. The molecule has 0 fully saturated rings. The molecule has 0 aliphatic rings. The predicted octanol–water partition coefficient (Wildman–Crippen LogP) is 7.01. The van der Waals surface area contributed by atoms with E-state index in [4.69, 9.17) is 0 Å². The first-order valence-corrected chi connectivity index (χ1v) is 21.6. The maximum Gasteiger partial charge on any atom is 0.101 e. The second-order valence-corrected chi connectivity index (χ2v) is 14.6. The largest absolute Gasteiger partial charge is 0.357 e. The van der Waals surface area contributed by atoms with Gasteiger partial charge in [-0.2, -0.15) is 0 Å². The van der Waals surface area contributed by atoms with Crippen LogP contribution in [0, 0.1) is 5.92 Å². The van der Waals surface area contributed by atoms with Crippen LogP contribution in [0.15, 0.2) is 30.3 Å². The Morgan fingerprint density at radius 3 is 1.24 bits per heavy atom. The van der Waals surface area contributed by atoms with Gasteiger partial charge in [-0.1, -0.05) is 92.6 Å². The van der Waals surface area contributed by atoms with E-state index in [1.54, 1.807) is 0 Å². The van der Waals surface area contributed by atoms with Crippen LogP contribution in [-0.2, 0) is 6.54 Å². The molecule has 0 saturated heterocycles. The van der Waals surface area contributed by atoms with E-state index < -0.39 is 0 Å². The minimum atomic E-state index is 0.634. The lowest BCUT2D eigenvalue weighted by Crippen LogP contribution is -2.88. The molecule has 1 aromatic rings. The Kier molecular flexibility index (Phi) is 49.4. The van der Waals surface area contributed by atoms with E-state index in [1.807, 2.05) is 0 Å². The van der Waals surface area contributed by atoms with Crippen LogP contribution in [0.25, 0.3) is 0 Å². The molecule has 0 heterocycles. The maximum atomic E-state index is 3.76. The Morgan fingerprint density at radius 1 is 0.600 bits per heavy atom. The van der Waals surface area contributed by atoms with Gasteiger partial charge in [0.1, 0.15) is 6.54 Å². The van der Waals surface area contributed by atoms with Crippen LogP contribution in [0.5, 0.6) is 0 Å². The van der Waals surface area contributed by atoms with E-state index in [0.717, 1.165) is 43.2 Å². The van der Waals surface area contributed by atoms with Gasteiger partial charge in [0.2, 0.25) is 0 Å². The van der Waals surface area contributed by atoms with Crippen molar-refractivity contribution in [1.82, 2.24) is 4.90 Å². The quantitative estimate of drug-likeness (QED) is 0.114. The highest BCUT2D eigenvalue weighted by Gasteiger charge is 2.26. The van der Waals surface area contributed by atoms with Crippen molar-refractivity contribution >= 4 is 0 Å². The highest BCUT2D eigenvalue weighted by atomic mass is 15.4. The SMILES string of the molecule is CCC(C)C[NH3+].CCC(C)N(CC)CC.CCC(C)[N+](CC)(CC)CC.CCC(C)[NH2+]Cc1ccccc1.CCC(C)[NH3+].CC[NH2+]C(C)CC. The number of nitrogens with zero attached hydrogens (tertiary/aromatic N) is 2. The molecule has 0 spiro atoms. The summed E-state index contributed by atoms with van der Waals surface area (Å²) in [5.74, 6) is 0.824. The molecule has 1 aromatic carbocycles. The van der Waals surface area contributed by atoms with E-state index in [2.05, 4.69) is 182 Å². The van der Waals surface area contributed by atoms with Gasteiger partial charge in [0.25, 0.3) is 0 Å². The predicted molar refractivity (Wildman–Crippen MR) is 228 cm³/mol. The van der Waals surface area contributed by atoms with Gasteiger partial charge in [0.05, 0.1) is 56.9 Å². The lowest BCUT2D eigenvalue weighted by Gasteiger charge is -2.41. The van der Waals surface area contributed by atoms with Gasteiger partial charge in [-0.05, 0) is 114 Å². The summed E-state index contributed by atoms with van der Waals surface area (Å²) < 4.78 is 1.29. The molecule has 304 valence electrons. The standard InChI is InChI=1S/C11H17N.C10H24N.C8H19N.C6H15N.C5H13N.C4H11N/c1-3-10(2)12-9-11-7-5-4-6-8-11;1-6-10(5)11(7-2,8-3)9-4;1-5-8(4)9(6-2)7-3;1-4-6(3)7-5-2;1-3-5(2)4-6;1-3-4(2)5/h4-8,10,12H,3,9H2,1-2H3;10H,6-9H2,1-5H3;8H,5-7H2,1-4H3;6-7H,4-5H2,1-3H3;5H,3-4,6H2,1-2H3;4H,3,5H2,1-2H3/q;+1;;;;/p+4. The summed E-state index contributed by atoms with van der Waals surface area (Å²) in [5.41, 5.74) is 8.93. The van der Waals surface area contributed by atoms with Gasteiger partial charge in [-0.3, -0.25) is 0 Å². The first-order chi connectivity index (χ1) is 23.6. The summed E-state index contributed by atoms with van der Waals surface area (Å²) in [6.45, 7) is 50.0. The van der Waals surface area contributed by atoms with E-state index >= 15 is 0 Å². The molecule has 1 rings (SSSR count). The summed E-state index contributed by atoms with van der Waals surface area (Å²) in [6.07, 6.45) is 7.56. The summed E-state index contributed by atoms with van der Waals surface area (Å²) in [7, 11) is 0. The maximum absolute atomic E-state index is 3.76. The first-order valence-electron chi connectivity index (χ1n) is 21.6. The van der Waals surface area contributed by atoms with Crippen LogP contribution in [0.2, 0.25) is 0 Å². The molecule has 0 aromatic heterocycles. The minimum absolute atomic E-state index is 0.634. The Hall–Kier alpha value is -1.02. The van der Waals surface area contributed by atoms with E-state index in [1.165, 1.54) is 87.8 Å². The van der Waals surface area contributed by atoms with E-state index in [9.17, 15) is 0 Å². The van der Waals surface area contributed by atoms with Crippen molar-refractivity contribution in [2.45, 2.75) is 200 Å². The monoisotopic (exact) mass is 716 g/mol. The van der Waals surface area contributed by atoms with Crippen molar-refractivity contribution < 1.29 is 26.6 Å². The fraction of sp³-hybridized carbons (Fsp3) is 0.864. The van der Waals surface area contributed by atoms with Gasteiger partial charge >= 0.3 is 0 Å². The molecular weight excluding hydrogens is 613 g/mol. The third kappa shape index (κ3) is 36.8. The number of hydrogen-bond donors (Lipinski definition) is 4. The van der Waals surface area contributed by atoms with Crippen molar-refractivity contribution in [2.75, 3.05) is 45.8 Å². The fourth-order valence-electron chi connectivity index (χ4n) is 4.99. The van der Waals surface area contributed by atoms with Crippen LogP contribution < -0.4 is 22.1 Å². The average molecular weight is 716 g/mol. The van der Waals surface area contributed by atoms with Gasteiger partial charge in [0.15, 0.2) is 0 Å². The zero-order valence-electron chi connectivity index (χ0n) is 38.2. The number of nitrogens with two attached hydrogens (primary N) is 2. The second kappa shape index (κ2) is 42.4. The van der Waals surface area contributed by atoms with Crippen LogP contribution in [0.3, 0.4) is 0 Å². The molecule has 0 saturated carbocycles. The minimum Gasteiger partial charge on any atom is -0.357 e. The summed E-state index contributed by atoms with van der Waals surface area (Å²) in [4.78, 5) is 2.47. The highest BCUT2D eigenvalue weighted by molar-refractivity contribution is 5.12. The molecule has 0 amide bonds. The zero-order valence-corrected chi connectivity index (χ0v) is 38.2. The van der Waals surface area contributed by atoms with Gasteiger partial charge in [0, 0.05) is 17.5 Å². The molecule has 0 aliphatic heterocycles. The zero-order chi connectivity index (χ0) is 40.0. The lowest BCUT2D eigenvalue weighted by atomic mass is 10.1. The van der Waals surface area contributed by atoms with Gasteiger partial charge in [-0.25, -0.2) is 0 Å². The Labute approximate surface area is 318 Å². The molecular formula is C44H103N6+5. The summed E-state index contributed by atoms with van der Waals surface area (Å²) >= 11 is 0. The number of rotatable bonds is 19. The van der Waals surface area contributed by atoms with E-state index in [-0.39, 0.29) is 0 Å². The Morgan fingerprint density at radius 2 is 1.04 bits per heavy atom. The molecule has 6 heteroatoms. The van der Waals surface area contributed by atoms with Crippen LogP contribution in [0.1, 0.15) is 169 Å². The van der Waals surface area contributed by atoms with E-state index in [0.29, 0.717) is 6.04 Å². The highest BCUT2D eigenvalue weighted by Crippen LogP contribution is 2.15. The molecule has 0 aliphatic carbocycles. The molecule has 10 N–H and O–H groups in total. The lowest BCUT2D eigenvalue weighted by molar-refractivity contribution is -0.945. The molecule has 0 bridgehead atoms. The Balaban J connectivity index is -0.000000166. The number of quaternary nitrogens is 5. The van der Waals surface area contributed by atoms with Gasteiger partial charge < -0.3 is 31.5 Å². The topological polar surface area (TPSA) is 91.7 Å². The van der Waals surface area contributed by atoms with Crippen molar-refractivity contribution in [3.63, 3.8) is 0 Å². The number of hydrogen-bond acceptors (Lipinski definition) is 1. The fourth-order valence-corrected chi connectivity index (χ4v) is 4.99. The van der Waals surface area contributed by atoms with Crippen LogP contribution in [0.4, 0.5) is 0 Å². The smallest absolute Gasteiger partial charge is 0.101 e. The molecule has 50 heavy (non-hydrogen) atoms. The van der Waals surface area contributed by atoms with Crippen LogP contribution in [-0.4, -0.2) is 85.4 Å². The summed E-state index contributed by atoms with van der Waals surface area (Å²) in [5, 5.41) is 4.73. The van der Waals surface area contributed by atoms with Crippen molar-refractivity contribution in [3.8, 4) is 0 Å². The Bertz CT molecular complexity index is 708. The van der Waals surface area contributed by atoms with Crippen LogP contribution >= 0.6 is 0 Å². The first kappa shape index (κ1) is 58.3. The molecule has 6 atom stereocenters. The van der Waals surface area contributed by atoms with Crippen molar-refractivity contribution in [1.29, 1.82) is 0 Å². The average Bonchev–Trinajstić information content (AvgIpc) is 3.16. The van der Waals surface area contributed by atoms with Crippen molar-refractivity contribution in [2.24, 2.45) is 5.92 Å². The molecule has 0 radical (unpaired) electrons. The molecule has 6 nitrogen and oxygen atoms in total. The third-order valence-electron chi connectivity index (χ3n) is 10.9. The van der Waals surface area contributed by atoms with Crippen molar-refractivity contribution in [3.05, 3.63) is 35.9 Å². The third-order valence-corrected chi connectivity index (χ3v) is 10.9. The number of benzene rings is 1.